The summed E-state index contributed by atoms with van der Waals surface area (Å²) in [6.45, 7) is 0.843. The van der Waals surface area contributed by atoms with Crippen molar-refractivity contribution in [3.05, 3.63) is 48.0 Å². The Hall–Kier alpha value is -1.70. The quantitative estimate of drug-likeness (QED) is 0.700. The van der Waals surface area contributed by atoms with E-state index < -0.39 is 10.0 Å². The number of benzene rings is 1. The fraction of sp³-hybridized carbons (Fsp3) is 0.308. The van der Waals surface area contributed by atoms with Gasteiger partial charge in [-0.25, -0.2) is 18.1 Å². The third-order valence-electron chi connectivity index (χ3n) is 2.87. The number of nitrogens with one attached hydrogen (secondary N) is 3. The topological polar surface area (TPSA) is 86.9 Å². The molecule has 20 heavy (non-hydrogen) atoms. The second-order valence-electron chi connectivity index (χ2n) is 4.36. The molecule has 0 bridgehead atoms. The standard InChI is InChI=1S/C13H18N4O2S/c1-14-8-11-4-2-3-5-13(11)20(18,19)17-7-6-12-9-15-10-16-12/h2-5,9-10,14,17H,6-8H2,1H3,(H,15,16). The summed E-state index contributed by atoms with van der Waals surface area (Å²) in [6, 6.07) is 6.98. The van der Waals surface area contributed by atoms with E-state index >= 15 is 0 Å². The fourth-order valence-corrected chi connectivity index (χ4v) is 3.19. The van der Waals surface area contributed by atoms with Crippen molar-refractivity contribution in [2.45, 2.75) is 17.9 Å². The number of nitrogens with zero attached hydrogens (tertiary/aromatic N) is 1. The lowest BCUT2D eigenvalue weighted by atomic mass is 10.2. The van der Waals surface area contributed by atoms with Crippen LogP contribution in [0, 0.1) is 0 Å². The third-order valence-corrected chi connectivity index (χ3v) is 4.43. The van der Waals surface area contributed by atoms with Crippen LogP contribution in [0.2, 0.25) is 0 Å². The van der Waals surface area contributed by atoms with Gasteiger partial charge in [-0.15, -0.1) is 0 Å². The Morgan fingerprint density at radius 2 is 2.10 bits per heavy atom. The largest absolute Gasteiger partial charge is 0.348 e. The summed E-state index contributed by atoms with van der Waals surface area (Å²) in [5, 5.41) is 2.97. The van der Waals surface area contributed by atoms with Gasteiger partial charge in [-0.1, -0.05) is 18.2 Å². The minimum Gasteiger partial charge on any atom is -0.348 e. The van der Waals surface area contributed by atoms with Crippen molar-refractivity contribution in [1.82, 2.24) is 20.0 Å². The molecule has 0 aliphatic heterocycles. The number of sulfonamides is 1. The molecule has 0 unspecified atom stereocenters. The van der Waals surface area contributed by atoms with Gasteiger partial charge in [0.25, 0.3) is 0 Å². The second kappa shape index (κ2) is 6.65. The minimum atomic E-state index is -3.49. The van der Waals surface area contributed by atoms with Crippen molar-refractivity contribution in [3.63, 3.8) is 0 Å². The first-order chi connectivity index (χ1) is 9.63. The summed E-state index contributed by atoms with van der Waals surface area (Å²) >= 11 is 0. The van der Waals surface area contributed by atoms with Crippen molar-refractivity contribution in [2.75, 3.05) is 13.6 Å². The molecule has 7 heteroatoms. The molecule has 0 saturated carbocycles. The summed E-state index contributed by atoms with van der Waals surface area (Å²) < 4.78 is 27.2. The SMILES string of the molecule is CNCc1ccccc1S(=O)(=O)NCCc1cnc[nH]1. The number of aromatic nitrogens is 2. The van der Waals surface area contributed by atoms with Gasteiger partial charge in [0.2, 0.25) is 10.0 Å². The van der Waals surface area contributed by atoms with Gasteiger partial charge >= 0.3 is 0 Å². The molecule has 1 aromatic heterocycles. The molecular weight excluding hydrogens is 276 g/mol. The zero-order valence-electron chi connectivity index (χ0n) is 11.3. The molecule has 0 aliphatic rings. The maximum atomic E-state index is 12.3. The van der Waals surface area contributed by atoms with E-state index in [1.54, 1.807) is 37.8 Å². The number of aromatic amines is 1. The van der Waals surface area contributed by atoms with Crippen LogP contribution in [0.15, 0.2) is 41.7 Å². The monoisotopic (exact) mass is 294 g/mol. The van der Waals surface area contributed by atoms with Gasteiger partial charge in [0.1, 0.15) is 0 Å². The van der Waals surface area contributed by atoms with Gasteiger partial charge in [-0.3, -0.25) is 0 Å². The maximum absolute atomic E-state index is 12.3. The van der Waals surface area contributed by atoms with E-state index in [2.05, 4.69) is 20.0 Å². The molecule has 0 amide bonds. The van der Waals surface area contributed by atoms with Gasteiger partial charge in [0.15, 0.2) is 0 Å². The van der Waals surface area contributed by atoms with E-state index in [4.69, 9.17) is 0 Å². The van der Waals surface area contributed by atoms with Crippen LogP contribution in [0.5, 0.6) is 0 Å². The molecule has 0 aliphatic carbocycles. The molecular formula is C13H18N4O2S. The lowest BCUT2D eigenvalue weighted by Gasteiger charge is -2.11. The smallest absolute Gasteiger partial charge is 0.240 e. The van der Waals surface area contributed by atoms with E-state index in [9.17, 15) is 8.42 Å². The lowest BCUT2D eigenvalue weighted by Crippen LogP contribution is -2.27. The molecule has 0 spiro atoms. The van der Waals surface area contributed by atoms with Crippen molar-refractivity contribution in [2.24, 2.45) is 0 Å². The zero-order valence-corrected chi connectivity index (χ0v) is 12.1. The number of imidazole rings is 1. The summed E-state index contributed by atoms with van der Waals surface area (Å²) in [6.07, 6.45) is 3.84. The van der Waals surface area contributed by atoms with Crippen LogP contribution in [0.25, 0.3) is 0 Å². The second-order valence-corrected chi connectivity index (χ2v) is 6.10. The van der Waals surface area contributed by atoms with Crippen LogP contribution in [0.1, 0.15) is 11.3 Å². The lowest BCUT2D eigenvalue weighted by molar-refractivity contribution is 0.579. The highest BCUT2D eigenvalue weighted by molar-refractivity contribution is 7.89. The molecule has 0 radical (unpaired) electrons. The van der Waals surface area contributed by atoms with Gasteiger partial charge in [-0.2, -0.15) is 0 Å². The predicted octanol–water partition coefficient (Wildman–Crippen LogP) is 0.650. The highest BCUT2D eigenvalue weighted by atomic mass is 32.2. The van der Waals surface area contributed by atoms with Gasteiger partial charge in [0, 0.05) is 31.4 Å². The average Bonchev–Trinajstić information content (AvgIpc) is 2.92. The van der Waals surface area contributed by atoms with Gasteiger partial charge in [-0.05, 0) is 18.7 Å². The molecule has 2 rings (SSSR count). The molecule has 1 aromatic carbocycles. The van der Waals surface area contributed by atoms with E-state index in [-0.39, 0.29) is 0 Å². The van der Waals surface area contributed by atoms with E-state index in [0.29, 0.717) is 24.4 Å². The number of hydrogen-bond donors (Lipinski definition) is 3. The normalized spacial score (nSPS) is 11.7. The fourth-order valence-electron chi connectivity index (χ4n) is 1.92. The first-order valence-electron chi connectivity index (χ1n) is 6.33. The predicted molar refractivity (Wildman–Crippen MR) is 76.7 cm³/mol. The summed E-state index contributed by atoms with van der Waals surface area (Å²) in [5.41, 5.74) is 1.65. The number of H-pyrrole nitrogens is 1. The number of hydrogen-bond acceptors (Lipinski definition) is 4. The van der Waals surface area contributed by atoms with Crippen LogP contribution >= 0.6 is 0 Å². The maximum Gasteiger partial charge on any atom is 0.240 e. The van der Waals surface area contributed by atoms with Crippen molar-refractivity contribution < 1.29 is 8.42 Å². The molecule has 6 nitrogen and oxygen atoms in total. The highest BCUT2D eigenvalue weighted by Gasteiger charge is 2.17. The van der Waals surface area contributed by atoms with E-state index in [1.165, 1.54) is 0 Å². The zero-order chi connectivity index (χ0) is 14.4. The first kappa shape index (κ1) is 14.7. The van der Waals surface area contributed by atoms with E-state index in [1.807, 2.05) is 6.07 Å². The third kappa shape index (κ3) is 3.66. The average molecular weight is 294 g/mol. The molecule has 0 saturated heterocycles. The Morgan fingerprint density at radius 3 is 2.80 bits per heavy atom. The first-order valence-corrected chi connectivity index (χ1v) is 7.81. The van der Waals surface area contributed by atoms with Crippen LogP contribution in [0.4, 0.5) is 0 Å². The number of rotatable bonds is 7. The van der Waals surface area contributed by atoms with Crippen LogP contribution in [-0.2, 0) is 23.0 Å². The summed E-state index contributed by atoms with van der Waals surface area (Å²) in [4.78, 5) is 7.15. The Labute approximate surface area is 118 Å². The molecule has 1 heterocycles. The highest BCUT2D eigenvalue weighted by Crippen LogP contribution is 2.14. The van der Waals surface area contributed by atoms with Gasteiger partial charge in [0.05, 0.1) is 11.2 Å². The Morgan fingerprint density at radius 1 is 1.30 bits per heavy atom. The summed E-state index contributed by atoms with van der Waals surface area (Å²) in [7, 11) is -1.70. The Kier molecular flexibility index (Phi) is 4.89. The van der Waals surface area contributed by atoms with Crippen molar-refractivity contribution >= 4 is 10.0 Å². The van der Waals surface area contributed by atoms with Crippen molar-refractivity contribution in [1.29, 1.82) is 0 Å². The van der Waals surface area contributed by atoms with E-state index in [0.717, 1.165) is 11.3 Å². The Bertz CT molecular complexity index is 638. The molecule has 0 atom stereocenters. The van der Waals surface area contributed by atoms with Crippen LogP contribution in [0.3, 0.4) is 0 Å². The molecule has 0 fully saturated rings. The molecule has 3 N–H and O–H groups in total. The minimum absolute atomic E-state index is 0.318. The summed E-state index contributed by atoms with van der Waals surface area (Å²) in [5.74, 6) is 0. The van der Waals surface area contributed by atoms with Crippen LogP contribution in [-0.4, -0.2) is 32.0 Å². The van der Waals surface area contributed by atoms with Gasteiger partial charge < -0.3 is 10.3 Å². The molecule has 108 valence electrons. The Balaban J connectivity index is 2.06. The van der Waals surface area contributed by atoms with Crippen LogP contribution < -0.4 is 10.0 Å². The molecule has 2 aromatic rings. The van der Waals surface area contributed by atoms with Crippen molar-refractivity contribution in [3.8, 4) is 0 Å².